The first-order chi connectivity index (χ1) is 15.7. The Balaban J connectivity index is 1.47. The number of pyridine rings is 1. The summed E-state index contributed by atoms with van der Waals surface area (Å²) in [5, 5.41) is 7.07. The standard InChI is InChI=1S/C20H19ClN6O5S/c1-33(30,31)25-16-7-14(21)6-15(8-16)24-20(29)13-9-23-27(11-13)18-3-2-17(10-22-18)26-4-5-32-12-19(26)28/h2-3,6-11,25H,4-5,12H2,1H3,(H,24,29). The van der Waals surface area contributed by atoms with Crippen LogP contribution in [0, 0.1) is 0 Å². The van der Waals surface area contributed by atoms with E-state index in [0.717, 1.165) is 6.26 Å². The molecule has 0 unspecified atom stereocenters. The van der Waals surface area contributed by atoms with Crippen LogP contribution in [0.2, 0.25) is 5.02 Å². The van der Waals surface area contributed by atoms with Gasteiger partial charge in [-0.1, -0.05) is 11.6 Å². The fourth-order valence-electron chi connectivity index (χ4n) is 3.17. The summed E-state index contributed by atoms with van der Waals surface area (Å²) in [6.07, 6.45) is 5.44. The lowest BCUT2D eigenvalue weighted by molar-refractivity contribution is -0.125. The van der Waals surface area contributed by atoms with Gasteiger partial charge in [0.2, 0.25) is 10.0 Å². The molecule has 3 aromatic rings. The van der Waals surface area contributed by atoms with Crippen LogP contribution >= 0.6 is 11.6 Å². The van der Waals surface area contributed by atoms with Crippen LogP contribution in [-0.4, -0.2) is 61.0 Å². The van der Waals surface area contributed by atoms with Gasteiger partial charge >= 0.3 is 0 Å². The van der Waals surface area contributed by atoms with Crippen molar-refractivity contribution in [2.24, 2.45) is 0 Å². The number of sulfonamides is 1. The SMILES string of the molecule is CS(=O)(=O)Nc1cc(Cl)cc(NC(=O)c2cnn(-c3ccc(N4CCOCC4=O)cn3)c2)c1. The van der Waals surface area contributed by atoms with E-state index >= 15 is 0 Å². The van der Waals surface area contributed by atoms with Crippen molar-refractivity contribution < 1.29 is 22.7 Å². The van der Waals surface area contributed by atoms with Crippen molar-refractivity contribution in [3.05, 3.63) is 59.5 Å². The zero-order chi connectivity index (χ0) is 23.6. The van der Waals surface area contributed by atoms with E-state index in [1.807, 2.05) is 0 Å². The van der Waals surface area contributed by atoms with Gasteiger partial charge in [-0.15, -0.1) is 0 Å². The first-order valence-electron chi connectivity index (χ1n) is 9.67. The molecule has 1 aliphatic rings. The summed E-state index contributed by atoms with van der Waals surface area (Å²) >= 11 is 6.03. The van der Waals surface area contributed by atoms with Gasteiger partial charge in [0.05, 0.1) is 42.2 Å². The molecule has 1 saturated heterocycles. The summed E-state index contributed by atoms with van der Waals surface area (Å²) in [6, 6.07) is 7.80. The average molecular weight is 491 g/mol. The number of nitrogens with one attached hydrogen (secondary N) is 2. The third kappa shape index (κ3) is 5.66. The first-order valence-corrected chi connectivity index (χ1v) is 11.9. The van der Waals surface area contributed by atoms with Gasteiger partial charge in [-0.05, 0) is 30.3 Å². The topological polar surface area (TPSA) is 136 Å². The van der Waals surface area contributed by atoms with E-state index < -0.39 is 15.9 Å². The van der Waals surface area contributed by atoms with Crippen LogP contribution in [0.5, 0.6) is 0 Å². The number of rotatable bonds is 6. The highest BCUT2D eigenvalue weighted by Gasteiger charge is 2.20. The summed E-state index contributed by atoms with van der Waals surface area (Å²) in [5.74, 6) is -0.144. The quantitative estimate of drug-likeness (QED) is 0.538. The average Bonchev–Trinajstić information content (AvgIpc) is 3.23. The van der Waals surface area contributed by atoms with Gasteiger partial charge < -0.3 is 15.0 Å². The molecular weight excluding hydrogens is 472 g/mol. The van der Waals surface area contributed by atoms with Gasteiger partial charge in [0.15, 0.2) is 5.82 Å². The maximum Gasteiger partial charge on any atom is 0.258 e. The molecule has 13 heteroatoms. The van der Waals surface area contributed by atoms with Crippen LogP contribution < -0.4 is 14.9 Å². The number of ether oxygens (including phenoxy) is 1. The molecule has 3 heterocycles. The lowest BCUT2D eigenvalue weighted by atomic mass is 10.2. The molecule has 2 amide bonds. The number of anilines is 3. The second-order valence-electron chi connectivity index (χ2n) is 7.20. The fraction of sp³-hybridized carbons (Fsp3) is 0.200. The minimum absolute atomic E-state index is 0.0395. The van der Waals surface area contributed by atoms with Crippen LogP contribution in [-0.2, 0) is 19.6 Å². The molecule has 0 spiro atoms. The predicted octanol–water partition coefficient (Wildman–Crippen LogP) is 1.91. The Bertz CT molecular complexity index is 1310. The van der Waals surface area contributed by atoms with Crippen molar-refractivity contribution in [2.75, 3.05) is 41.0 Å². The number of amides is 2. The molecule has 0 atom stereocenters. The molecule has 4 rings (SSSR count). The van der Waals surface area contributed by atoms with Crippen molar-refractivity contribution >= 4 is 50.5 Å². The molecule has 2 aromatic heterocycles. The van der Waals surface area contributed by atoms with Crippen LogP contribution in [0.3, 0.4) is 0 Å². The Morgan fingerprint density at radius 1 is 1.18 bits per heavy atom. The molecule has 2 N–H and O–H groups in total. The molecule has 11 nitrogen and oxygen atoms in total. The van der Waals surface area contributed by atoms with E-state index in [1.54, 1.807) is 23.2 Å². The number of hydrogen-bond donors (Lipinski definition) is 2. The zero-order valence-corrected chi connectivity index (χ0v) is 18.9. The molecule has 0 aliphatic carbocycles. The van der Waals surface area contributed by atoms with Crippen LogP contribution in [0.4, 0.5) is 17.1 Å². The smallest absolute Gasteiger partial charge is 0.258 e. The van der Waals surface area contributed by atoms with Gasteiger partial charge in [0.25, 0.3) is 11.8 Å². The monoisotopic (exact) mass is 490 g/mol. The number of halogens is 1. The third-order valence-electron chi connectivity index (χ3n) is 4.57. The van der Waals surface area contributed by atoms with Gasteiger partial charge in [-0.25, -0.2) is 18.1 Å². The van der Waals surface area contributed by atoms with Crippen LogP contribution in [0.25, 0.3) is 5.82 Å². The fourth-order valence-corrected chi connectivity index (χ4v) is 3.95. The van der Waals surface area contributed by atoms with E-state index in [0.29, 0.717) is 30.3 Å². The minimum Gasteiger partial charge on any atom is -0.370 e. The summed E-state index contributed by atoms with van der Waals surface area (Å²) in [6.45, 7) is 0.957. The van der Waals surface area contributed by atoms with Gasteiger partial charge in [0.1, 0.15) is 6.61 Å². The second kappa shape index (κ2) is 9.17. The number of hydrogen-bond acceptors (Lipinski definition) is 7. The number of carbonyl (C=O) groups excluding carboxylic acids is 2. The summed E-state index contributed by atoms with van der Waals surface area (Å²) in [4.78, 5) is 30.5. The predicted molar refractivity (Wildman–Crippen MR) is 122 cm³/mol. The highest BCUT2D eigenvalue weighted by atomic mass is 35.5. The molecule has 0 radical (unpaired) electrons. The highest BCUT2D eigenvalue weighted by molar-refractivity contribution is 7.92. The number of nitrogens with zero attached hydrogens (tertiary/aromatic N) is 4. The normalized spacial score (nSPS) is 14.2. The molecule has 33 heavy (non-hydrogen) atoms. The van der Waals surface area contributed by atoms with Crippen molar-refractivity contribution in [1.82, 2.24) is 14.8 Å². The van der Waals surface area contributed by atoms with Crippen molar-refractivity contribution in [1.29, 1.82) is 0 Å². The Morgan fingerprint density at radius 3 is 2.67 bits per heavy atom. The first kappa shape index (κ1) is 22.7. The molecule has 0 bridgehead atoms. The van der Waals surface area contributed by atoms with Crippen LogP contribution in [0.1, 0.15) is 10.4 Å². The van der Waals surface area contributed by atoms with E-state index in [1.165, 1.54) is 35.3 Å². The second-order valence-corrected chi connectivity index (χ2v) is 9.39. The molecule has 172 valence electrons. The Labute approximate surface area is 194 Å². The molecule has 1 aromatic carbocycles. The number of benzene rings is 1. The highest BCUT2D eigenvalue weighted by Crippen LogP contribution is 2.24. The maximum atomic E-state index is 12.6. The van der Waals surface area contributed by atoms with E-state index in [4.69, 9.17) is 16.3 Å². The molecular formula is C20H19ClN6O5S. The van der Waals surface area contributed by atoms with E-state index in [-0.39, 0.29) is 28.8 Å². The molecule has 0 saturated carbocycles. The Hall–Kier alpha value is -3.48. The summed E-state index contributed by atoms with van der Waals surface area (Å²) in [5.41, 5.74) is 1.43. The summed E-state index contributed by atoms with van der Waals surface area (Å²) < 4.78 is 31.8. The van der Waals surface area contributed by atoms with E-state index in [9.17, 15) is 18.0 Å². The zero-order valence-electron chi connectivity index (χ0n) is 17.4. The number of aromatic nitrogens is 3. The lowest BCUT2D eigenvalue weighted by Crippen LogP contribution is -2.41. The van der Waals surface area contributed by atoms with Crippen molar-refractivity contribution in [3.63, 3.8) is 0 Å². The van der Waals surface area contributed by atoms with Gasteiger partial charge in [-0.2, -0.15) is 5.10 Å². The Kier molecular flexibility index (Phi) is 6.31. The maximum absolute atomic E-state index is 12.6. The largest absolute Gasteiger partial charge is 0.370 e. The summed E-state index contributed by atoms with van der Waals surface area (Å²) in [7, 11) is -3.50. The minimum atomic E-state index is -3.50. The van der Waals surface area contributed by atoms with E-state index in [2.05, 4.69) is 20.1 Å². The lowest BCUT2D eigenvalue weighted by Gasteiger charge is -2.26. The molecule has 1 aliphatic heterocycles. The third-order valence-corrected chi connectivity index (χ3v) is 5.39. The van der Waals surface area contributed by atoms with Gasteiger partial charge in [-0.3, -0.25) is 14.3 Å². The van der Waals surface area contributed by atoms with Crippen molar-refractivity contribution in [2.45, 2.75) is 0 Å². The number of carbonyl (C=O) groups is 2. The molecule has 1 fully saturated rings. The Morgan fingerprint density at radius 2 is 1.97 bits per heavy atom. The number of morpholine rings is 1. The van der Waals surface area contributed by atoms with Crippen molar-refractivity contribution in [3.8, 4) is 5.82 Å². The van der Waals surface area contributed by atoms with Gasteiger partial charge in [0, 0.05) is 23.5 Å². The van der Waals surface area contributed by atoms with Crippen LogP contribution in [0.15, 0.2) is 48.9 Å².